The van der Waals surface area contributed by atoms with Gasteiger partial charge < -0.3 is 10.1 Å². The number of rotatable bonds is 5. The number of likely N-dealkylation sites (tertiary alicyclic amines) is 1. The molecule has 1 fully saturated rings. The van der Waals surface area contributed by atoms with E-state index >= 15 is 0 Å². The zero-order valence-corrected chi connectivity index (χ0v) is 20.8. The Morgan fingerprint density at radius 3 is 1.81 bits per heavy atom. The average Bonchev–Trinajstić information content (AvgIpc) is 3.15. The van der Waals surface area contributed by atoms with E-state index in [0.29, 0.717) is 0 Å². The van der Waals surface area contributed by atoms with Crippen LogP contribution in [-0.4, -0.2) is 41.7 Å². The summed E-state index contributed by atoms with van der Waals surface area (Å²) in [4.78, 5) is 52.9. The summed E-state index contributed by atoms with van der Waals surface area (Å²) in [6, 6.07) is 20.6. The molecule has 0 radical (unpaired) electrons. The number of ether oxygens (including phenoxy) is 1. The summed E-state index contributed by atoms with van der Waals surface area (Å²) in [6.07, 6.45) is 0. The van der Waals surface area contributed by atoms with Crippen LogP contribution >= 0.6 is 23.2 Å². The van der Waals surface area contributed by atoms with E-state index in [1.165, 1.54) is 0 Å². The van der Waals surface area contributed by atoms with Crippen molar-refractivity contribution < 1.29 is 23.9 Å². The number of anilines is 1. The lowest BCUT2D eigenvalue weighted by molar-refractivity contribution is -0.154. The predicted octanol–water partition coefficient (Wildman–Crippen LogP) is 4.37. The molecule has 1 heterocycles. The minimum atomic E-state index is -0.852. The molecule has 3 aromatic carbocycles. The molecule has 0 unspecified atom stereocenters. The number of carbonyl (C=O) groups is 4. The number of benzene rings is 3. The number of imide groups is 1. The van der Waals surface area contributed by atoms with E-state index < -0.39 is 36.9 Å². The average molecular weight is 535 g/mol. The summed E-state index contributed by atoms with van der Waals surface area (Å²) in [6.45, 7) is -1.16. The van der Waals surface area contributed by atoms with Crippen molar-refractivity contribution in [2.24, 2.45) is 11.8 Å². The van der Waals surface area contributed by atoms with Gasteiger partial charge in [-0.15, -0.1) is 0 Å². The topological polar surface area (TPSA) is 92.8 Å². The first kappa shape index (κ1) is 23.7. The molecule has 186 valence electrons. The van der Waals surface area contributed by atoms with Crippen molar-refractivity contribution in [3.8, 4) is 0 Å². The first-order chi connectivity index (χ1) is 17.9. The zero-order chi connectivity index (χ0) is 25.8. The quantitative estimate of drug-likeness (QED) is 0.387. The van der Waals surface area contributed by atoms with Crippen molar-refractivity contribution in [1.82, 2.24) is 4.90 Å². The van der Waals surface area contributed by atoms with Crippen LogP contribution in [0.25, 0.3) is 0 Å². The maximum absolute atomic E-state index is 13.5. The van der Waals surface area contributed by atoms with Crippen molar-refractivity contribution in [3.05, 3.63) is 99.0 Å². The highest BCUT2D eigenvalue weighted by Crippen LogP contribution is 2.60. The third-order valence-electron chi connectivity index (χ3n) is 7.42. The molecule has 2 atom stereocenters. The molecule has 2 bridgehead atoms. The fraction of sp³-hybridized carbons (Fsp3) is 0.214. The fourth-order valence-corrected chi connectivity index (χ4v) is 6.35. The highest BCUT2D eigenvalue weighted by atomic mass is 35.5. The van der Waals surface area contributed by atoms with Crippen LogP contribution in [0.3, 0.4) is 0 Å². The van der Waals surface area contributed by atoms with Crippen LogP contribution in [0, 0.1) is 11.8 Å². The number of esters is 1. The van der Waals surface area contributed by atoms with Gasteiger partial charge in [0.25, 0.3) is 5.91 Å². The number of hydrogen-bond acceptors (Lipinski definition) is 5. The Labute approximate surface area is 222 Å². The van der Waals surface area contributed by atoms with Gasteiger partial charge in [-0.25, -0.2) is 0 Å². The highest BCUT2D eigenvalue weighted by molar-refractivity contribution is 6.44. The summed E-state index contributed by atoms with van der Waals surface area (Å²) in [5.41, 5.74) is 4.48. The van der Waals surface area contributed by atoms with Gasteiger partial charge in [-0.1, -0.05) is 77.8 Å². The molecule has 7 nitrogen and oxygen atoms in total. The van der Waals surface area contributed by atoms with E-state index in [-0.39, 0.29) is 39.4 Å². The number of amides is 3. The van der Waals surface area contributed by atoms with Crippen LogP contribution < -0.4 is 5.32 Å². The maximum Gasteiger partial charge on any atom is 0.326 e. The van der Waals surface area contributed by atoms with E-state index in [4.69, 9.17) is 27.9 Å². The molecule has 4 aliphatic rings. The predicted molar refractivity (Wildman–Crippen MR) is 136 cm³/mol. The van der Waals surface area contributed by atoms with Crippen molar-refractivity contribution >= 4 is 52.6 Å². The van der Waals surface area contributed by atoms with Crippen LogP contribution in [0.15, 0.2) is 66.7 Å². The molecule has 3 aromatic rings. The van der Waals surface area contributed by atoms with Crippen LogP contribution in [-0.2, 0) is 23.9 Å². The van der Waals surface area contributed by atoms with Crippen LogP contribution in [0.1, 0.15) is 34.1 Å². The third kappa shape index (κ3) is 3.72. The number of halogens is 2. The molecular weight excluding hydrogens is 515 g/mol. The molecule has 1 N–H and O–H groups in total. The van der Waals surface area contributed by atoms with Crippen LogP contribution in [0.5, 0.6) is 0 Å². The van der Waals surface area contributed by atoms with Gasteiger partial charge in [-0.2, -0.15) is 0 Å². The normalized spacial score (nSPS) is 22.8. The summed E-state index contributed by atoms with van der Waals surface area (Å²) < 4.78 is 5.08. The molecule has 3 amide bonds. The lowest BCUT2D eigenvalue weighted by atomic mass is 9.55. The number of carbonyl (C=O) groups excluding carboxylic acids is 4. The van der Waals surface area contributed by atoms with Crippen molar-refractivity contribution in [2.45, 2.75) is 11.8 Å². The van der Waals surface area contributed by atoms with Gasteiger partial charge in [0.2, 0.25) is 11.8 Å². The smallest absolute Gasteiger partial charge is 0.326 e. The first-order valence-electron chi connectivity index (χ1n) is 11.8. The molecule has 7 rings (SSSR count). The molecule has 0 aromatic heterocycles. The number of nitrogens with one attached hydrogen (secondary N) is 1. The van der Waals surface area contributed by atoms with Crippen LogP contribution in [0.4, 0.5) is 5.69 Å². The monoisotopic (exact) mass is 534 g/mol. The minimum absolute atomic E-state index is 0.163. The second-order valence-corrected chi connectivity index (χ2v) is 10.1. The standard InChI is InChI=1S/C28H20Cl2N2O5/c29-18-10-5-11-19(26(18)30)31-20(33)13-37-21(34)12-32-27(35)24-22-14-6-1-2-7-15(14)23(25(24)28(32)36)17-9-4-3-8-16(17)22/h1-11,22-25H,12-13H2,(H,31,33)/t22?,23?,24-,25-/m0/s1. The molecule has 1 saturated heterocycles. The van der Waals surface area contributed by atoms with Gasteiger partial charge in [-0.05, 0) is 34.4 Å². The second-order valence-electron chi connectivity index (χ2n) is 9.34. The zero-order valence-electron chi connectivity index (χ0n) is 19.3. The lowest BCUT2D eigenvalue weighted by Gasteiger charge is -2.45. The Hall–Kier alpha value is -3.68. The van der Waals surface area contributed by atoms with Gasteiger partial charge in [0.05, 0.1) is 27.6 Å². The summed E-state index contributed by atoms with van der Waals surface area (Å²) in [5, 5.41) is 2.95. The second kappa shape index (κ2) is 9.01. The molecule has 9 heteroatoms. The fourth-order valence-electron chi connectivity index (χ4n) is 6.00. The number of nitrogens with zero attached hydrogens (tertiary/aromatic N) is 1. The third-order valence-corrected chi connectivity index (χ3v) is 8.24. The largest absolute Gasteiger partial charge is 0.454 e. The molecule has 0 saturated carbocycles. The highest BCUT2D eigenvalue weighted by Gasteiger charge is 2.61. The minimum Gasteiger partial charge on any atom is -0.454 e. The van der Waals surface area contributed by atoms with Gasteiger partial charge >= 0.3 is 5.97 Å². The van der Waals surface area contributed by atoms with Crippen molar-refractivity contribution in [1.29, 1.82) is 0 Å². The molecule has 1 aliphatic heterocycles. The van der Waals surface area contributed by atoms with Gasteiger partial charge in [0.1, 0.15) is 6.54 Å². The summed E-state index contributed by atoms with van der Waals surface area (Å²) in [7, 11) is 0. The Morgan fingerprint density at radius 1 is 0.784 bits per heavy atom. The Morgan fingerprint density at radius 2 is 1.30 bits per heavy atom. The number of hydrogen-bond donors (Lipinski definition) is 1. The van der Waals surface area contributed by atoms with Gasteiger partial charge in [-0.3, -0.25) is 24.1 Å². The molecular formula is C28H20Cl2N2O5. The Bertz CT molecular complexity index is 1370. The maximum atomic E-state index is 13.5. The molecule has 0 spiro atoms. The molecule has 37 heavy (non-hydrogen) atoms. The van der Waals surface area contributed by atoms with E-state index in [2.05, 4.69) is 5.32 Å². The Kier molecular flexibility index (Phi) is 5.77. The SMILES string of the molecule is O=C(COC(=O)CN1C(=O)[C@H]2C3c4ccccc4C(c4ccccc43)[C@@H]2C1=O)Nc1cccc(Cl)c1Cl. The van der Waals surface area contributed by atoms with Gasteiger partial charge in [0, 0.05) is 11.8 Å². The van der Waals surface area contributed by atoms with Crippen molar-refractivity contribution in [2.75, 3.05) is 18.5 Å². The van der Waals surface area contributed by atoms with E-state index in [0.717, 1.165) is 27.2 Å². The summed E-state index contributed by atoms with van der Waals surface area (Å²) in [5.74, 6) is -3.93. The van der Waals surface area contributed by atoms with E-state index in [9.17, 15) is 19.2 Å². The van der Waals surface area contributed by atoms with E-state index in [1.807, 2.05) is 48.5 Å². The van der Waals surface area contributed by atoms with Gasteiger partial charge in [0.15, 0.2) is 6.61 Å². The molecule has 3 aliphatic carbocycles. The van der Waals surface area contributed by atoms with Crippen LogP contribution in [0.2, 0.25) is 10.0 Å². The first-order valence-corrected chi connectivity index (χ1v) is 12.5. The Balaban J connectivity index is 1.18. The van der Waals surface area contributed by atoms with E-state index in [1.54, 1.807) is 18.2 Å². The lowest BCUT2D eigenvalue weighted by Crippen LogP contribution is -2.41. The van der Waals surface area contributed by atoms with Crippen molar-refractivity contribution in [3.63, 3.8) is 0 Å². The summed E-state index contributed by atoms with van der Waals surface area (Å²) >= 11 is 12.0.